The van der Waals surface area contributed by atoms with Gasteiger partial charge in [0.05, 0.1) is 6.04 Å². The molecule has 27 heavy (non-hydrogen) atoms. The molecule has 1 heterocycles. The third kappa shape index (κ3) is 5.23. The van der Waals surface area contributed by atoms with E-state index in [0.29, 0.717) is 12.1 Å². The van der Waals surface area contributed by atoms with Crippen molar-refractivity contribution in [2.24, 2.45) is 0 Å². The van der Waals surface area contributed by atoms with Crippen LogP contribution in [0.4, 0.5) is 0 Å². The van der Waals surface area contributed by atoms with Crippen molar-refractivity contribution in [1.29, 1.82) is 0 Å². The summed E-state index contributed by atoms with van der Waals surface area (Å²) in [5.41, 5.74) is 6.52. The number of aryl methyl sites for hydroxylation is 2. The van der Waals surface area contributed by atoms with Crippen LogP contribution in [0, 0.1) is 13.8 Å². The smallest absolute Gasteiger partial charge is 0.0663 e. The monoisotopic (exact) mass is 362 g/mol. The number of hydrogen-bond donors (Lipinski definition) is 1. The Morgan fingerprint density at radius 1 is 1.22 bits per heavy atom. The number of nitrogens with zero attached hydrogens (tertiary/aromatic N) is 1. The summed E-state index contributed by atoms with van der Waals surface area (Å²) in [5.74, 6) is 0. The van der Waals surface area contributed by atoms with Gasteiger partial charge in [-0.3, -0.25) is 0 Å². The van der Waals surface area contributed by atoms with Crippen LogP contribution >= 0.6 is 0 Å². The molecule has 0 bridgehead atoms. The molecule has 3 rings (SSSR count). The second kappa shape index (κ2) is 9.23. The largest absolute Gasteiger partial charge is 0.380 e. The van der Waals surface area contributed by atoms with Crippen molar-refractivity contribution in [2.45, 2.75) is 58.0 Å². The molecule has 0 amide bonds. The van der Waals surface area contributed by atoms with E-state index in [-0.39, 0.29) is 0 Å². The van der Waals surface area contributed by atoms with Gasteiger partial charge in [0.25, 0.3) is 0 Å². The van der Waals surface area contributed by atoms with E-state index in [2.05, 4.69) is 86.3 Å². The van der Waals surface area contributed by atoms with E-state index in [1.54, 1.807) is 0 Å². The van der Waals surface area contributed by atoms with Crippen LogP contribution in [0.15, 0.2) is 66.4 Å². The van der Waals surface area contributed by atoms with Crippen molar-refractivity contribution in [3.8, 4) is 0 Å². The number of nitrogens with one attached hydrogen (secondary N) is 1. The Morgan fingerprint density at radius 3 is 2.85 bits per heavy atom. The van der Waals surface area contributed by atoms with Crippen LogP contribution in [0.5, 0.6) is 0 Å². The molecule has 2 nitrogen and oxygen atoms in total. The molecular formula is C25H34N2. The molecule has 0 radical (unpaired) electrons. The van der Waals surface area contributed by atoms with Gasteiger partial charge in [0.1, 0.15) is 0 Å². The zero-order valence-electron chi connectivity index (χ0n) is 17.2. The maximum absolute atomic E-state index is 4.38. The SMILES string of the molecule is C=C(Cc1ccc(C)c(C)c1)NC(C1=CCC=CC=C1)C1CCCCN1C. The van der Waals surface area contributed by atoms with Gasteiger partial charge in [0.15, 0.2) is 0 Å². The van der Waals surface area contributed by atoms with Crippen LogP contribution in [-0.4, -0.2) is 30.6 Å². The molecule has 144 valence electrons. The van der Waals surface area contributed by atoms with Crippen molar-refractivity contribution >= 4 is 0 Å². The first-order chi connectivity index (χ1) is 13.0. The first-order valence-electron chi connectivity index (χ1n) is 10.3. The molecule has 0 aromatic heterocycles. The zero-order valence-corrected chi connectivity index (χ0v) is 17.2. The molecule has 1 aliphatic heterocycles. The van der Waals surface area contributed by atoms with Gasteiger partial charge in [-0.15, -0.1) is 0 Å². The Kier molecular flexibility index (Phi) is 6.73. The summed E-state index contributed by atoms with van der Waals surface area (Å²) in [4.78, 5) is 2.53. The molecule has 0 saturated carbocycles. The number of piperidine rings is 1. The summed E-state index contributed by atoms with van der Waals surface area (Å²) < 4.78 is 0. The van der Waals surface area contributed by atoms with Gasteiger partial charge in [0, 0.05) is 18.2 Å². The number of rotatable bonds is 6. The molecule has 1 aromatic carbocycles. The number of likely N-dealkylation sites (tertiary alicyclic amines) is 1. The Balaban J connectivity index is 1.76. The highest BCUT2D eigenvalue weighted by molar-refractivity contribution is 5.35. The fourth-order valence-corrected chi connectivity index (χ4v) is 4.18. The molecule has 0 spiro atoms. The second-order valence-corrected chi connectivity index (χ2v) is 8.09. The Hall–Kier alpha value is -2.06. The highest BCUT2D eigenvalue weighted by atomic mass is 15.2. The summed E-state index contributed by atoms with van der Waals surface area (Å²) in [6.45, 7) is 9.92. The number of benzene rings is 1. The van der Waals surface area contributed by atoms with Gasteiger partial charge in [0.2, 0.25) is 0 Å². The van der Waals surface area contributed by atoms with Crippen LogP contribution in [-0.2, 0) is 6.42 Å². The van der Waals surface area contributed by atoms with Crippen LogP contribution in [0.1, 0.15) is 42.4 Å². The minimum atomic E-state index is 0.297. The first kappa shape index (κ1) is 19.7. The lowest BCUT2D eigenvalue weighted by Crippen LogP contribution is -2.51. The molecule has 2 unspecified atom stereocenters. The summed E-state index contributed by atoms with van der Waals surface area (Å²) in [7, 11) is 2.27. The van der Waals surface area contributed by atoms with E-state index in [1.807, 2.05) is 0 Å². The van der Waals surface area contributed by atoms with Gasteiger partial charge in [-0.1, -0.05) is 61.6 Å². The van der Waals surface area contributed by atoms with Crippen LogP contribution in [0.3, 0.4) is 0 Å². The number of likely N-dealkylation sites (N-methyl/N-ethyl adjacent to an activating group) is 1. The molecule has 1 aliphatic carbocycles. The van der Waals surface area contributed by atoms with Crippen LogP contribution < -0.4 is 5.32 Å². The van der Waals surface area contributed by atoms with Gasteiger partial charge in [-0.25, -0.2) is 0 Å². The fourth-order valence-electron chi connectivity index (χ4n) is 4.18. The standard InChI is InChI=1S/C25H34N2/c1-19-14-15-22(17-20(19)2)18-21(3)26-25(23-11-7-5-6-8-12-23)24-13-9-10-16-27(24)4/h5-7,11-12,14-15,17,24-26H,3,8-10,13,16,18H2,1-2,4H3. The topological polar surface area (TPSA) is 15.3 Å². The molecule has 2 aliphatic rings. The van der Waals surface area contributed by atoms with Crippen LogP contribution in [0.25, 0.3) is 0 Å². The molecule has 1 saturated heterocycles. The summed E-state index contributed by atoms with van der Waals surface area (Å²) >= 11 is 0. The van der Waals surface area contributed by atoms with E-state index in [1.165, 1.54) is 48.1 Å². The Morgan fingerprint density at radius 2 is 2.07 bits per heavy atom. The first-order valence-corrected chi connectivity index (χ1v) is 10.3. The van der Waals surface area contributed by atoms with Gasteiger partial charge in [-0.05, 0) is 69.0 Å². The van der Waals surface area contributed by atoms with Crippen molar-refractivity contribution in [3.05, 3.63) is 83.1 Å². The highest BCUT2D eigenvalue weighted by Crippen LogP contribution is 2.25. The molecule has 1 aromatic rings. The predicted octanol–water partition coefficient (Wildman–Crippen LogP) is 5.24. The van der Waals surface area contributed by atoms with Gasteiger partial charge in [-0.2, -0.15) is 0 Å². The van der Waals surface area contributed by atoms with Crippen molar-refractivity contribution < 1.29 is 0 Å². The lowest BCUT2D eigenvalue weighted by Gasteiger charge is -2.40. The number of hydrogen-bond acceptors (Lipinski definition) is 2. The van der Waals surface area contributed by atoms with E-state index in [4.69, 9.17) is 0 Å². The minimum Gasteiger partial charge on any atom is -0.380 e. The summed E-state index contributed by atoms with van der Waals surface area (Å²) in [6, 6.07) is 7.55. The summed E-state index contributed by atoms with van der Waals surface area (Å²) in [6.07, 6.45) is 16.9. The minimum absolute atomic E-state index is 0.297. The molecule has 1 N–H and O–H groups in total. The van der Waals surface area contributed by atoms with Crippen molar-refractivity contribution in [2.75, 3.05) is 13.6 Å². The third-order valence-corrected chi connectivity index (χ3v) is 5.94. The lowest BCUT2D eigenvalue weighted by atomic mass is 9.90. The van der Waals surface area contributed by atoms with E-state index < -0.39 is 0 Å². The Labute approximate surface area is 165 Å². The maximum Gasteiger partial charge on any atom is 0.0663 e. The summed E-state index contributed by atoms with van der Waals surface area (Å²) in [5, 5.41) is 3.81. The fraction of sp³-hybridized carbons (Fsp3) is 0.440. The molecule has 2 atom stereocenters. The average molecular weight is 363 g/mol. The highest BCUT2D eigenvalue weighted by Gasteiger charge is 2.29. The van der Waals surface area contributed by atoms with Gasteiger partial charge >= 0.3 is 0 Å². The van der Waals surface area contributed by atoms with E-state index in [9.17, 15) is 0 Å². The predicted molar refractivity (Wildman–Crippen MR) is 117 cm³/mol. The van der Waals surface area contributed by atoms with Crippen LogP contribution in [0.2, 0.25) is 0 Å². The average Bonchev–Trinajstić information content (AvgIpc) is 2.93. The van der Waals surface area contributed by atoms with Crippen molar-refractivity contribution in [3.63, 3.8) is 0 Å². The molecule has 2 heteroatoms. The molecular weight excluding hydrogens is 328 g/mol. The quantitative estimate of drug-likeness (QED) is 0.744. The Bertz CT molecular complexity index is 754. The van der Waals surface area contributed by atoms with Crippen molar-refractivity contribution in [1.82, 2.24) is 10.2 Å². The second-order valence-electron chi connectivity index (χ2n) is 8.09. The van der Waals surface area contributed by atoms with E-state index >= 15 is 0 Å². The van der Waals surface area contributed by atoms with E-state index in [0.717, 1.165) is 18.5 Å². The zero-order chi connectivity index (χ0) is 19.2. The lowest BCUT2D eigenvalue weighted by molar-refractivity contribution is 0.161. The molecule has 1 fully saturated rings. The third-order valence-electron chi connectivity index (χ3n) is 5.94. The normalized spacial score (nSPS) is 21.4. The van der Waals surface area contributed by atoms with Gasteiger partial charge < -0.3 is 10.2 Å². The maximum atomic E-state index is 4.38. The number of allylic oxidation sites excluding steroid dienone is 5.